The number of rotatable bonds is 6. The average Bonchev–Trinajstić information content (AvgIpc) is 3.23. The van der Waals surface area contributed by atoms with E-state index in [9.17, 15) is 0 Å². The molecule has 0 spiro atoms. The molecule has 0 aliphatic rings. The quantitative estimate of drug-likeness (QED) is 0.582. The number of hydrogen-bond donors (Lipinski definition) is 1. The third-order valence-electron chi connectivity index (χ3n) is 4.00. The molecule has 0 saturated heterocycles. The molecule has 6 heteroatoms. The Morgan fingerprint density at radius 2 is 1.73 bits per heavy atom. The number of hydrogen-bond acceptors (Lipinski definition) is 5. The predicted molar refractivity (Wildman–Crippen MR) is 100.0 cm³/mol. The van der Waals surface area contributed by atoms with Gasteiger partial charge in [0.25, 0.3) is 0 Å². The second kappa shape index (κ2) is 7.57. The van der Waals surface area contributed by atoms with Gasteiger partial charge in [0, 0.05) is 19.2 Å². The van der Waals surface area contributed by atoms with E-state index >= 15 is 0 Å². The standard InChI is InChI=1S/C20H18N6/c1-2-4-16(5-3-1)12-20-22-11-10-19(25-20)23-13-17-6-8-18(9-7-17)26-15-21-14-24-26/h1-11,14-15H,12-13H2,(H,22,23,25). The second-order valence-electron chi connectivity index (χ2n) is 5.88. The Bertz CT molecular complexity index is 949. The molecule has 0 saturated carbocycles. The van der Waals surface area contributed by atoms with Crippen molar-refractivity contribution in [3.05, 3.63) is 96.5 Å². The first-order valence-electron chi connectivity index (χ1n) is 8.40. The van der Waals surface area contributed by atoms with E-state index in [-0.39, 0.29) is 0 Å². The zero-order valence-electron chi connectivity index (χ0n) is 14.2. The Balaban J connectivity index is 1.39. The van der Waals surface area contributed by atoms with E-state index in [0.29, 0.717) is 6.54 Å². The summed E-state index contributed by atoms with van der Waals surface area (Å²) in [5, 5.41) is 7.48. The van der Waals surface area contributed by atoms with Crippen LogP contribution in [0.25, 0.3) is 5.69 Å². The number of nitrogens with zero attached hydrogens (tertiary/aromatic N) is 5. The lowest BCUT2D eigenvalue weighted by Crippen LogP contribution is -2.05. The molecule has 0 bridgehead atoms. The molecule has 6 nitrogen and oxygen atoms in total. The van der Waals surface area contributed by atoms with E-state index in [1.165, 1.54) is 11.9 Å². The maximum absolute atomic E-state index is 4.60. The van der Waals surface area contributed by atoms with Crippen molar-refractivity contribution in [1.29, 1.82) is 0 Å². The summed E-state index contributed by atoms with van der Waals surface area (Å²) in [7, 11) is 0. The molecule has 0 unspecified atom stereocenters. The largest absolute Gasteiger partial charge is 0.366 e. The molecule has 0 amide bonds. The fourth-order valence-electron chi connectivity index (χ4n) is 2.66. The molecular weight excluding hydrogens is 324 g/mol. The molecule has 0 fully saturated rings. The van der Waals surface area contributed by atoms with Crippen molar-refractivity contribution in [2.24, 2.45) is 0 Å². The van der Waals surface area contributed by atoms with Crippen LogP contribution in [0.15, 0.2) is 79.5 Å². The van der Waals surface area contributed by atoms with Crippen LogP contribution in [0.3, 0.4) is 0 Å². The molecule has 0 aliphatic heterocycles. The van der Waals surface area contributed by atoms with Crippen molar-refractivity contribution in [2.75, 3.05) is 5.32 Å². The lowest BCUT2D eigenvalue weighted by Gasteiger charge is -2.08. The van der Waals surface area contributed by atoms with Gasteiger partial charge in [-0.05, 0) is 29.3 Å². The van der Waals surface area contributed by atoms with Gasteiger partial charge in [-0.25, -0.2) is 19.6 Å². The average molecular weight is 342 g/mol. The molecule has 0 radical (unpaired) electrons. The van der Waals surface area contributed by atoms with Crippen molar-refractivity contribution in [3.8, 4) is 5.69 Å². The monoisotopic (exact) mass is 342 g/mol. The van der Waals surface area contributed by atoms with Gasteiger partial charge in [0.05, 0.1) is 5.69 Å². The van der Waals surface area contributed by atoms with Gasteiger partial charge in [0.1, 0.15) is 24.3 Å². The minimum absolute atomic E-state index is 0.694. The van der Waals surface area contributed by atoms with Gasteiger partial charge in [0.2, 0.25) is 0 Å². The maximum Gasteiger partial charge on any atom is 0.138 e. The SMILES string of the molecule is c1ccc(Cc2nccc(NCc3ccc(-n4cncn4)cc3)n2)cc1. The Kier molecular flexibility index (Phi) is 4.64. The summed E-state index contributed by atoms with van der Waals surface area (Å²) in [6, 6.07) is 20.3. The lowest BCUT2D eigenvalue weighted by molar-refractivity contribution is 0.877. The Morgan fingerprint density at radius 1 is 0.885 bits per heavy atom. The molecule has 128 valence electrons. The van der Waals surface area contributed by atoms with E-state index < -0.39 is 0 Å². The van der Waals surface area contributed by atoms with Crippen molar-refractivity contribution in [2.45, 2.75) is 13.0 Å². The van der Waals surface area contributed by atoms with Gasteiger partial charge in [-0.1, -0.05) is 42.5 Å². The highest BCUT2D eigenvalue weighted by Crippen LogP contribution is 2.11. The minimum atomic E-state index is 0.694. The third-order valence-corrected chi connectivity index (χ3v) is 4.00. The van der Waals surface area contributed by atoms with E-state index in [1.807, 2.05) is 36.4 Å². The molecule has 2 aromatic carbocycles. The fraction of sp³-hybridized carbons (Fsp3) is 0.100. The van der Waals surface area contributed by atoms with E-state index in [2.05, 4.69) is 49.6 Å². The molecule has 0 atom stereocenters. The van der Waals surface area contributed by atoms with Gasteiger partial charge in [-0.2, -0.15) is 5.10 Å². The number of benzene rings is 2. The van der Waals surface area contributed by atoms with Gasteiger partial charge in [-0.15, -0.1) is 0 Å². The summed E-state index contributed by atoms with van der Waals surface area (Å²) < 4.78 is 1.73. The first kappa shape index (κ1) is 16.0. The number of anilines is 1. The van der Waals surface area contributed by atoms with Gasteiger partial charge in [0.15, 0.2) is 0 Å². The topological polar surface area (TPSA) is 68.5 Å². The summed E-state index contributed by atoms with van der Waals surface area (Å²) in [5.74, 6) is 1.63. The second-order valence-corrected chi connectivity index (χ2v) is 5.88. The number of nitrogens with one attached hydrogen (secondary N) is 1. The van der Waals surface area contributed by atoms with Crippen LogP contribution < -0.4 is 5.32 Å². The van der Waals surface area contributed by atoms with Crippen LogP contribution in [0.5, 0.6) is 0 Å². The van der Waals surface area contributed by atoms with Crippen LogP contribution in [-0.4, -0.2) is 24.7 Å². The van der Waals surface area contributed by atoms with Crippen molar-refractivity contribution >= 4 is 5.82 Å². The summed E-state index contributed by atoms with van der Waals surface area (Å²) in [6.07, 6.45) is 5.73. The summed E-state index contributed by atoms with van der Waals surface area (Å²) in [6.45, 7) is 0.694. The Labute approximate surface area is 151 Å². The van der Waals surface area contributed by atoms with Crippen LogP contribution in [0.4, 0.5) is 5.82 Å². The van der Waals surface area contributed by atoms with Crippen molar-refractivity contribution in [3.63, 3.8) is 0 Å². The molecule has 0 aliphatic carbocycles. The van der Waals surface area contributed by atoms with Crippen LogP contribution in [0, 0.1) is 0 Å². The van der Waals surface area contributed by atoms with E-state index in [4.69, 9.17) is 0 Å². The molecule has 4 rings (SSSR count). The molecule has 4 aromatic rings. The molecule has 1 N–H and O–H groups in total. The molecule has 26 heavy (non-hydrogen) atoms. The van der Waals surface area contributed by atoms with Gasteiger partial charge < -0.3 is 5.32 Å². The molecule has 2 heterocycles. The highest BCUT2D eigenvalue weighted by atomic mass is 15.3. The first-order chi connectivity index (χ1) is 12.9. The Hall–Kier alpha value is -3.54. The first-order valence-corrected chi connectivity index (χ1v) is 8.40. The van der Waals surface area contributed by atoms with E-state index in [0.717, 1.165) is 29.3 Å². The van der Waals surface area contributed by atoms with Crippen LogP contribution in [0.2, 0.25) is 0 Å². The van der Waals surface area contributed by atoms with Crippen LogP contribution >= 0.6 is 0 Å². The highest BCUT2D eigenvalue weighted by molar-refractivity contribution is 5.38. The maximum atomic E-state index is 4.60. The molecule has 2 aromatic heterocycles. The van der Waals surface area contributed by atoms with Crippen molar-refractivity contribution < 1.29 is 0 Å². The predicted octanol–water partition coefficient (Wildman–Crippen LogP) is 3.26. The van der Waals surface area contributed by atoms with Crippen molar-refractivity contribution in [1.82, 2.24) is 24.7 Å². The summed E-state index contributed by atoms with van der Waals surface area (Å²) in [4.78, 5) is 12.9. The summed E-state index contributed by atoms with van der Waals surface area (Å²) >= 11 is 0. The molecular formula is C20H18N6. The smallest absolute Gasteiger partial charge is 0.138 e. The van der Waals surface area contributed by atoms with Crippen LogP contribution in [-0.2, 0) is 13.0 Å². The summed E-state index contributed by atoms with van der Waals surface area (Å²) in [5.41, 5.74) is 3.35. The third kappa shape index (κ3) is 3.92. The highest BCUT2D eigenvalue weighted by Gasteiger charge is 2.02. The zero-order chi connectivity index (χ0) is 17.6. The van der Waals surface area contributed by atoms with Gasteiger partial charge >= 0.3 is 0 Å². The zero-order valence-corrected chi connectivity index (χ0v) is 14.2. The fourth-order valence-corrected chi connectivity index (χ4v) is 2.66. The lowest BCUT2D eigenvalue weighted by atomic mass is 10.1. The van der Waals surface area contributed by atoms with Gasteiger partial charge in [-0.3, -0.25) is 0 Å². The normalized spacial score (nSPS) is 10.6. The minimum Gasteiger partial charge on any atom is -0.366 e. The number of aromatic nitrogens is 5. The van der Waals surface area contributed by atoms with Crippen LogP contribution in [0.1, 0.15) is 17.0 Å². The Morgan fingerprint density at radius 3 is 2.50 bits per heavy atom. The van der Waals surface area contributed by atoms with E-state index in [1.54, 1.807) is 17.2 Å².